The minimum Gasteiger partial charge on any atom is -0.468 e. The number of carbonyl (C=O) groups is 1. The van der Waals surface area contributed by atoms with Crippen LogP contribution in [0.5, 0.6) is 0 Å². The lowest BCUT2D eigenvalue weighted by Crippen LogP contribution is -2.12. The Morgan fingerprint density at radius 2 is 1.83 bits per heavy atom. The summed E-state index contributed by atoms with van der Waals surface area (Å²) in [6.07, 6.45) is 5.73. The third-order valence-corrected chi connectivity index (χ3v) is 6.86. The van der Waals surface area contributed by atoms with Crippen molar-refractivity contribution in [2.24, 2.45) is 4.36 Å². The number of carbonyl (C=O) groups excluding carboxylic acids is 1. The molecule has 1 aliphatic carbocycles. The molecule has 1 aromatic carbocycles. The van der Waals surface area contributed by atoms with Gasteiger partial charge in [0.15, 0.2) is 0 Å². The van der Waals surface area contributed by atoms with Gasteiger partial charge in [-0.3, -0.25) is 4.79 Å². The van der Waals surface area contributed by atoms with Crippen LogP contribution in [0, 0.1) is 0 Å². The maximum Gasteiger partial charge on any atom is 0.259 e. The Bertz CT molecular complexity index is 860. The monoisotopic (exact) mass is 344 g/mol. The summed E-state index contributed by atoms with van der Waals surface area (Å²) in [5.41, 5.74) is 2.02. The quantitative estimate of drug-likeness (QED) is 0.898. The Morgan fingerprint density at radius 1 is 1.12 bits per heavy atom. The molecule has 126 valence electrons. The van der Waals surface area contributed by atoms with Crippen molar-refractivity contribution in [3.8, 4) is 0 Å². The summed E-state index contributed by atoms with van der Waals surface area (Å²) < 4.78 is 22.3. The Hall–Kier alpha value is -2.08. The first kappa shape index (κ1) is 15.4. The van der Waals surface area contributed by atoms with Gasteiger partial charge in [0.1, 0.15) is 5.76 Å². The zero-order chi connectivity index (χ0) is 16.6. The number of benzene rings is 1. The highest BCUT2D eigenvalue weighted by Crippen LogP contribution is 2.42. The standard InChI is InChI=1S/C18H20N2O3S/c21-18(16-9-10-23-17(16)13-3-4-13)19-14-5-7-15(8-6-14)20-24(22)11-1-2-12-24/h5-10,13H,1-4,11-12H2,(H,19,21). The van der Waals surface area contributed by atoms with Gasteiger partial charge in [-0.25, -0.2) is 4.21 Å². The van der Waals surface area contributed by atoms with Gasteiger partial charge in [0.25, 0.3) is 5.91 Å². The fourth-order valence-electron chi connectivity index (χ4n) is 3.01. The van der Waals surface area contributed by atoms with Crippen molar-refractivity contribution < 1.29 is 13.4 Å². The molecule has 6 heteroatoms. The van der Waals surface area contributed by atoms with E-state index in [1.54, 1.807) is 36.6 Å². The second kappa shape index (κ2) is 6.09. The van der Waals surface area contributed by atoms with Crippen LogP contribution in [0.4, 0.5) is 11.4 Å². The van der Waals surface area contributed by atoms with E-state index in [0.717, 1.165) is 31.4 Å². The van der Waals surface area contributed by atoms with E-state index in [1.807, 2.05) is 0 Å². The molecule has 2 aromatic rings. The molecule has 0 bridgehead atoms. The molecule has 5 nitrogen and oxygen atoms in total. The summed E-state index contributed by atoms with van der Waals surface area (Å²) in [4.78, 5) is 12.4. The summed E-state index contributed by atoms with van der Waals surface area (Å²) in [5, 5.41) is 2.89. The Morgan fingerprint density at radius 3 is 2.50 bits per heavy atom. The minimum atomic E-state index is -2.06. The molecule has 0 atom stereocenters. The third kappa shape index (κ3) is 3.24. The highest BCUT2D eigenvalue weighted by Gasteiger charge is 2.31. The van der Waals surface area contributed by atoms with E-state index in [2.05, 4.69) is 9.68 Å². The molecule has 1 saturated carbocycles. The fourth-order valence-corrected chi connectivity index (χ4v) is 5.22. The normalized spacial score (nSPS) is 19.2. The number of anilines is 1. The van der Waals surface area contributed by atoms with Gasteiger partial charge < -0.3 is 9.73 Å². The maximum absolute atomic E-state index is 12.4. The molecular formula is C18H20N2O3S. The zero-order valence-electron chi connectivity index (χ0n) is 13.4. The Labute approximate surface area is 141 Å². The van der Waals surface area contributed by atoms with Crippen molar-refractivity contribution in [2.75, 3.05) is 16.8 Å². The van der Waals surface area contributed by atoms with Crippen LogP contribution in [0.3, 0.4) is 0 Å². The smallest absolute Gasteiger partial charge is 0.259 e. The summed E-state index contributed by atoms with van der Waals surface area (Å²) in [7, 11) is -2.06. The van der Waals surface area contributed by atoms with E-state index in [1.165, 1.54) is 0 Å². The number of nitrogens with one attached hydrogen (secondary N) is 1. The Kier molecular flexibility index (Phi) is 3.92. The molecule has 1 amide bonds. The van der Waals surface area contributed by atoms with Crippen LogP contribution in [0.15, 0.2) is 45.4 Å². The van der Waals surface area contributed by atoms with Crippen LogP contribution in [-0.2, 0) is 9.73 Å². The largest absolute Gasteiger partial charge is 0.468 e. The van der Waals surface area contributed by atoms with Gasteiger partial charge in [-0.2, -0.15) is 4.36 Å². The van der Waals surface area contributed by atoms with Gasteiger partial charge in [0.2, 0.25) is 0 Å². The molecule has 4 rings (SSSR count). The van der Waals surface area contributed by atoms with Crippen LogP contribution in [0.1, 0.15) is 47.7 Å². The van der Waals surface area contributed by atoms with Gasteiger partial charge in [0, 0.05) is 23.1 Å². The van der Waals surface area contributed by atoms with Crippen molar-refractivity contribution in [3.63, 3.8) is 0 Å². The highest BCUT2D eigenvalue weighted by molar-refractivity contribution is 7.93. The lowest BCUT2D eigenvalue weighted by atomic mass is 10.1. The summed E-state index contributed by atoms with van der Waals surface area (Å²) in [5.74, 6) is 2.41. The van der Waals surface area contributed by atoms with Crippen LogP contribution < -0.4 is 5.32 Å². The molecule has 1 aliphatic heterocycles. The molecule has 0 radical (unpaired) electrons. The van der Waals surface area contributed by atoms with E-state index in [-0.39, 0.29) is 5.91 Å². The van der Waals surface area contributed by atoms with Crippen molar-refractivity contribution in [2.45, 2.75) is 31.6 Å². The summed E-state index contributed by atoms with van der Waals surface area (Å²) in [6.45, 7) is 0. The van der Waals surface area contributed by atoms with Crippen LogP contribution >= 0.6 is 0 Å². The first-order chi connectivity index (χ1) is 11.6. The summed E-state index contributed by atoms with van der Waals surface area (Å²) >= 11 is 0. The van der Waals surface area contributed by atoms with Gasteiger partial charge in [0.05, 0.1) is 27.2 Å². The highest BCUT2D eigenvalue weighted by atomic mass is 32.2. The summed E-state index contributed by atoms with van der Waals surface area (Å²) in [6, 6.07) is 8.92. The van der Waals surface area contributed by atoms with E-state index < -0.39 is 9.73 Å². The van der Waals surface area contributed by atoms with Crippen molar-refractivity contribution in [1.29, 1.82) is 0 Å². The van der Waals surface area contributed by atoms with Crippen molar-refractivity contribution in [3.05, 3.63) is 47.9 Å². The van der Waals surface area contributed by atoms with Gasteiger partial charge in [-0.15, -0.1) is 0 Å². The van der Waals surface area contributed by atoms with Gasteiger partial charge in [-0.05, 0) is 56.0 Å². The first-order valence-electron chi connectivity index (χ1n) is 8.34. The molecule has 0 unspecified atom stereocenters. The van der Waals surface area contributed by atoms with Gasteiger partial charge in [-0.1, -0.05) is 0 Å². The van der Waals surface area contributed by atoms with Crippen LogP contribution in [0.25, 0.3) is 0 Å². The number of hydrogen-bond donors (Lipinski definition) is 1. The molecule has 1 N–H and O–H groups in total. The molecule has 2 heterocycles. The SMILES string of the molecule is O=C(Nc1ccc(N=S2(=O)CCCC2)cc1)c1ccoc1C1CC1. The first-order valence-corrected chi connectivity index (χ1v) is 10.2. The molecular weight excluding hydrogens is 324 g/mol. The van der Waals surface area contributed by atoms with Crippen LogP contribution in [-0.4, -0.2) is 21.6 Å². The average Bonchev–Trinajstić information content (AvgIpc) is 3.13. The molecule has 2 fully saturated rings. The predicted octanol–water partition coefficient (Wildman–Crippen LogP) is 4.30. The molecule has 0 spiro atoms. The number of amides is 1. The van der Waals surface area contributed by atoms with E-state index in [0.29, 0.717) is 34.4 Å². The van der Waals surface area contributed by atoms with Crippen molar-refractivity contribution >= 4 is 27.0 Å². The van der Waals surface area contributed by atoms with Crippen molar-refractivity contribution in [1.82, 2.24) is 0 Å². The van der Waals surface area contributed by atoms with E-state index in [9.17, 15) is 9.00 Å². The number of nitrogens with zero attached hydrogens (tertiary/aromatic N) is 1. The molecule has 1 saturated heterocycles. The maximum atomic E-state index is 12.4. The number of furan rings is 1. The Balaban J connectivity index is 1.48. The molecule has 24 heavy (non-hydrogen) atoms. The lowest BCUT2D eigenvalue weighted by Gasteiger charge is -2.06. The average molecular weight is 344 g/mol. The van der Waals surface area contributed by atoms with Crippen LogP contribution in [0.2, 0.25) is 0 Å². The number of rotatable bonds is 4. The van der Waals surface area contributed by atoms with E-state index >= 15 is 0 Å². The lowest BCUT2D eigenvalue weighted by molar-refractivity contribution is 0.102. The second-order valence-corrected chi connectivity index (χ2v) is 9.00. The second-order valence-electron chi connectivity index (χ2n) is 6.45. The minimum absolute atomic E-state index is 0.156. The fraction of sp³-hybridized carbons (Fsp3) is 0.389. The van der Waals surface area contributed by atoms with Gasteiger partial charge >= 0.3 is 0 Å². The third-order valence-electron chi connectivity index (χ3n) is 4.46. The molecule has 2 aliphatic rings. The number of hydrogen-bond acceptors (Lipinski definition) is 4. The topological polar surface area (TPSA) is 71.7 Å². The predicted molar refractivity (Wildman–Crippen MR) is 94.3 cm³/mol. The molecule has 1 aromatic heterocycles. The van der Waals surface area contributed by atoms with E-state index in [4.69, 9.17) is 4.42 Å². The zero-order valence-corrected chi connectivity index (χ0v) is 14.2.